The van der Waals surface area contributed by atoms with Crippen LogP contribution in [0, 0.1) is 0 Å². The zero-order valence-electron chi connectivity index (χ0n) is 9.37. The summed E-state index contributed by atoms with van der Waals surface area (Å²) in [5.74, 6) is -0.760. The lowest BCUT2D eigenvalue weighted by Gasteiger charge is -2.00. The van der Waals surface area contributed by atoms with Crippen LogP contribution in [-0.4, -0.2) is 26.8 Å². The van der Waals surface area contributed by atoms with Crippen molar-refractivity contribution in [3.63, 3.8) is 0 Å². The standard InChI is InChI=1S/C11H11N3O4/c15-10(16)7-14-4-3-9(13-14)11(17)12-6-8-2-1-5-18-8/h1-5H,6-7H2,(H,12,17)(H,15,16). The molecule has 0 saturated heterocycles. The normalized spacial score (nSPS) is 10.2. The van der Waals surface area contributed by atoms with E-state index in [1.165, 1.54) is 23.2 Å². The van der Waals surface area contributed by atoms with E-state index in [1.807, 2.05) is 0 Å². The third-order valence-corrected chi connectivity index (χ3v) is 2.17. The summed E-state index contributed by atoms with van der Waals surface area (Å²) in [7, 11) is 0. The van der Waals surface area contributed by atoms with Crippen molar-refractivity contribution in [1.29, 1.82) is 0 Å². The Morgan fingerprint density at radius 1 is 1.44 bits per heavy atom. The predicted molar refractivity (Wildman–Crippen MR) is 59.7 cm³/mol. The van der Waals surface area contributed by atoms with E-state index in [4.69, 9.17) is 9.52 Å². The Morgan fingerprint density at radius 3 is 2.94 bits per heavy atom. The van der Waals surface area contributed by atoms with Crippen LogP contribution in [0.2, 0.25) is 0 Å². The highest BCUT2D eigenvalue weighted by Crippen LogP contribution is 2.00. The smallest absolute Gasteiger partial charge is 0.325 e. The van der Waals surface area contributed by atoms with E-state index in [9.17, 15) is 9.59 Å². The second-order valence-electron chi connectivity index (χ2n) is 3.55. The maximum Gasteiger partial charge on any atom is 0.325 e. The van der Waals surface area contributed by atoms with Gasteiger partial charge in [0.15, 0.2) is 0 Å². The zero-order chi connectivity index (χ0) is 13.0. The molecular formula is C11H11N3O4. The van der Waals surface area contributed by atoms with Gasteiger partial charge in [-0.25, -0.2) is 0 Å². The molecule has 94 valence electrons. The van der Waals surface area contributed by atoms with Gasteiger partial charge < -0.3 is 14.8 Å². The van der Waals surface area contributed by atoms with Crippen LogP contribution in [0.25, 0.3) is 0 Å². The highest BCUT2D eigenvalue weighted by atomic mass is 16.4. The number of carboxylic acid groups (broad SMARTS) is 1. The molecule has 0 radical (unpaired) electrons. The van der Waals surface area contributed by atoms with Gasteiger partial charge in [0.2, 0.25) is 0 Å². The van der Waals surface area contributed by atoms with E-state index >= 15 is 0 Å². The average Bonchev–Trinajstić information content (AvgIpc) is 2.95. The molecule has 0 bridgehead atoms. The lowest BCUT2D eigenvalue weighted by atomic mass is 10.4. The van der Waals surface area contributed by atoms with Gasteiger partial charge in [-0.2, -0.15) is 5.10 Å². The van der Waals surface area contributed by atoms with Crippen molar-refractivity contribution in [2.24, 2.45) is 0 Å². The summed E-state index contributed by atoms with van der Waals surface area (Å²) in [6.07, 6.45) is 2.96. The van der Waals surface area contributed by atoms with Gasteiger partial charge in [0.05, 0.1) is 12.8 Å². The van der Waals surface area contributed by atoms with Gasteiger partial charge >= 0.3 is 5.97 Å². The van der Waals surface area contributed by atoms with Crippen LogP contribution < -0.4 is 5.32 Å². The van der Waals surface area contributed by atoms with E-state index in [0.717, 1.165) is 0 Å². The van der Waals surface area contributed by atoms with Crippen LogP contribution in [0.15, 0.2) is 35.1 Å². The summed E-state index contributed by atoms with van der Waals surface area (Å²) in [6, 6.07) is 4.92. The predicted octanol–water partition coefficient (Wildman–Crippen LogP) is 0.491. The fourth-order valence-corrected chi connectivity index (χ4v) is 1.38. The van der Waals surface area contributed by atoms with Crippen LogP contribution in [-0.2, 0) is 17.9 Å². The molecule has 2 rings (SSSR count). The van der Waals surface area contributed by atoms with Crippen molar-refractivity contribution >= 4 is 11.9 Å². The molecule has 2 heterocycles. The fourth-order valence-electron chi connectivity index (χ4n) is 1.38. The van der Waals surface area contributed by atoms with Crippen LogP contribution in [0.1, 0.15) is 16.2 Å². The van der Waals surface area contributed by atoms with Gasteiger partial charge in [-0.3, -0.25) is 14.3 Å². The van der Waals surface area contributed by atoms with Crippen molar-refractivity contribution in [2.45, 2.75) is 13.1 Å². The molecule has 0 aromatic carbocycles. The van der Waals surface area contributed by atoms with E-state index < -0.39 is 5.97 Å². The molecule has 2 aromatic rings. The number of carbonyl (C=O) groups is 2. The van der Waals surface area contributed by atoms with E-state index in [-0.39, 0.29) is 24.7 Å². The molecule has 0 atom stereocenters. The Labute approximate surface area is 102 Å². The van der Waals surface area contributed by atoms with Crippen molar-refractivity contribution in [3.8, 4) is 0 Å². The molecule has 2 aromatic heterocycles. The van der Waals surface area contributed by atoms with Crippen LogP contribution in [0.3, 0.4) is 0 Å². The number of hydrogen-bond acceptors (Lipinski definition) is 4. The van der Waals surface area contributed by atoms with Crippen LogP contribution in [0.4, 0.5) is 0 Å². The third-order valence-electron chi connectivity index (χ3n) is 2.17. The summed E-state index contributed by atoms with van der Waals surface area (Å²) < 4.78 is 6.24. The van der Waals surface area contributed by atoms with Crippen molar-refractivity contribution < 1.29 is 19.1 Å². The quantitative estimate of drug-likeness (QED) is 0.803. The molecule has 7 heteroatoms. The molecule has 0 spiro atoms. The first-order valence-corrected chi connectivity index (χ1v) is 5.21. The minimum absolute atomic E-state index is 0.169. The minimum atomic E-state index is -1.01. The highest BCUT2D eigenvalue weighted by molar-refractivity contribution is 5.92. The minimum Gasteiger partial charge on any atom is -0.480 e. The van der Waals surface area contributed by atoms with Crippen LogP contribution >= 0.6 is 0 Å². The number of rotatable bonds is 5. The van der Waals surface area contributed by atoms with Gasteiger partial charge in [-0.1, -0.05) is 0 Å². The van der Waals surface area contributed by atoms with Crippen molar-refractivity contribution in [1.82, 2.24) is 15.1 Å². The molecule has 0 unspecified atom stereocenters. The second-order valence-corrected chi connectivity index (χ2v) is 3.55. The molecule has 0 aliphatic heterocycles. The fraction of sp³-hybridized carbons (Fsp3) is 0.182. The lowest BCUT2D eigenvalue weighted by molar-refractivity contribution is -0.137. The third kappa shape index (κ3) is 2.97. The first kappa shape index (κ1) is 11.9. The molecule has 18 heavy (non-hydrogen) atoms. The summed E-state index contributed by atoms with van der Waals surface area (Å²) in [4.78, 5) is 22.1. The Hall–Kier alpha value is -2.57. The second kappa shape index (κ2) is 5.17. The van der Waals surface area contributed by atoms with Crippen molar-refractivity contribution in [2.75, 3.05) is 0 Å². The Bertz CT molecular complexity index is 544. The topological polar surface area (TPSA) is 97.4 Å². The van der Waals surface area contributed by atoms with Gasteiger partial charge in [0, 0.05) is 6.20 Å². The number of hydrogen-bond donors (Lipinski definition) is 2. The molecule has 0 fully saturated rings. The number of nitrogens with zero attached hydrogens (tertiary/aromatic N) is 2. The number of carboxylic acids is 1. The molecule has 0 saturated carbocycles. The van der Waals surface area contributed by atoms with Gasteiger partial charge in [0.25, 0.3) is 5.91 Å². The molecule has 0 aliphatic rings. The van der Waals surface area contributed by atoms with Gasteiger partial charge in [-0.15, -0.1) is 0 Å². The number of amides is 1. The van der Waals surface area contributed by atoms with Crippen LogP contribution in [0.5, 0.6) is 0 Å². The van der Waals surface area contributed by atoms with E-state index in [1.54, 1.807) is 12.1 Å². The lowest BCUT2D eigenvalue weighted by Crippen LogP contribution is -2.23. The first-order chi connectivity index (χ1) is 8.65. The van der Waals surface area contributed by atoms with E-state index in [0.29, 0.717) is 5.76 Å². The average molecular weight is 249 g/mol. The molecule has 0 aliphatic carbocycles. The molecular weight excluding hydrogens is 238 g/mol. The number of aliphatic carboxylic acids is 1. The summed E-state index contributed by atoms with van der Waals surface area (Å²) in [6.45, 7) is -0.0108. The largest absolute Gasteiger partial charge is 0.480 e. The number of carbonyl (C=O) groups excluding carboxylic acids is 1. The van der Waals surface area contributed by atoms with Crippen molar-refractivity contribution in [3.05, 3.63) is 42.1 Å². The SMILES string of the molecule is O=C(O)Cn1ccc(C(=O)NCc2ccco2)n1. The molecule has 1 amide bonds. The number of nitrogens with one attached hydrogen (secondary N) is 1. The Balaban J connectivity index is 1.92. The number of aromatic nitrogens is 2. The maximum atomic E-state index is 11.7. The summed E-state index contributed by atoms with van der Waals surface area (Å²) in [5, 5.41) is 15.0. The van der Waals surface area contributed by atoms with Gasteiger partial charge in [0.1, 0.15) is 18.0 Å². The van der Waals surface area contributed by atoms with E-state index in [2.05, 4.69) is 10.4 Å². The number of furan rings is 1. The molecule has 2 N–H and O–H groups in total. The Kier molecular flexibility index (Phi) is 3.42. The Morgan fingerprint density at radius 2 is 2.28 bits per heavy atom. The first-order valence-electron chi connectivity index (χ1n) is 5.21. The highest BCUT2D eigenvalue weighted by Gasteiger charge is 2.10. The molecule has 7 nitrogen and oxygen atoms in total. The summed E-state index contributed by atoms with van der Waals surface area (Å²) >= 11 is 0. The maximum absolute atomic E-state index is 11.7. The summed E-state index contributed by atoms with van der Waals surface area (Å²) in [5.41, 5.74) is 0.169. The van der Waals surface area contributed by atoms with Gasteiger partial charge in [-0.05, 0) is 18.2 Å². The monoisotopic (exact) mass is 249 g/mol. The zero-order valence-corrected chi connectivity index (χ0v) is 9.37.